The first-order valence-electron chi connectivity index (χ1n) is 12.5. The summed E-state index contributed by atoms with van der Waals surface area (Å²) in [5, 5.41) is 19.0. The second-order valence-corrected chi connectivity index (χ2v) is 8.75. The first kappa shape index (κ1) is 28.2. The molecule has 5 heteroatoms. The first-order chi connectivity index (χ1) is 16.0. The molecule has 180 valence electrons. The summed E-state index contributed by atoms with van der Waals surface area (Å²) in [5.41, 5.74) is 1.46. The van der Waals surface area contributed by atoms with Gasteiger partial charge < -0.3 is 9.64 Å². The van der Waals surface area contributed by atoms with Crippen molar-refractivity contribution in [1.82, 2.24) is 0 Å². The van der Waals surface area contributed by atoms with E-state index in [1.807, 2.05) is 36.4 Å². The molecule has 2 atom stereocenters. The maximum atomic E-state index is 11.9. The van der Waals surface area contributed by atoms with Crippen LogP contribution in [0.1, 0.15) is 84.6 Å². The fraction of sp³-hybridized carbons (Fsp3) is 0.607. The van der Waals surface area contributed by atoms with E-state index in [0.717, 1.165) is 31.6 Å². The molecule has 0 heterocycles. The van der Waals surface area contributed by atoms with Gasteiger partial charge in [-0.05, 0) is 42.4 Å². The van der Waals surface area contributed by atoms with E-state index in [0.29, 0.717) is 17.4 Å². The molecule has 0 aliphatic rings. The molecule has 0 N–H and O–H groups in total. The standard InChI is InChI=1S/C28H41N3O2/c1-6-10-12-22(8-3)20-31(21-23(9-4)13-11-7-2)25-16-14-24(15-17-25)26(18-29)27(19-30)28(32)33-5/h14-17,22-23H,6-13,20-21H2,1-5H3/b27-26-. The molecular weight excluding hydrogens is 410 g/mol. The zero-order valence-corrected chi connectivity index (χ0v) is 21.2. The van der Waals surface area contributed by atoms with E-state index in [4.69, 9.17) is 0 Å². The predicted molar refractivity (Wildman–Crippen MR) is 135 cm³/mol. The van der Waals surface area contributed by atoms with Crippen molar-refractivity contribution in [2.45, 2.75) is 79.1 Å². The van der Waals surface area contributed by atoms with Crippen LogP contribution in [0.3, 0.4) is 0 Å². The van der Waals surface area contributed by atoms with Gasteiger partial charge in [-0.1, -0.05) is 78.4 Å². The quantitative estimate of drug-likeness (QED) is 0.165. The topological polar surface area (TPSA) is 77.1 Å². The zero-order valence-electron chi connectivity index (χ0n) is 21.2. The van der Waals surface area contributed by atoms with E-state index < -0.39 is 5.97 Å². The lowest BCUT2D eigenvalue weighted by Crippen LogP contribution is -2.34. The molecule has 2 unspecified atom stereocenters. The Kier molecular flexibility index (Phi) is 13.6. The van der Waals surface area contributed by atoms with Crippen molar-refractivity contribution in [2.75, 3.05) is 25.1 Å². The molecule has 0 aliphatic carbocycles. The minimum atomic E-state index is -0.789. The van der Waals surface area contributed by atoms with Crippen molar-refractivity contribution < 1.29 is 9.53 Å². The molecular formula is C28H41N3O2. The summed E-state index contributed by atoms with van der Waals surface area (Å²) in [7, 11) is 1.21. The molecule has 0 fully saturated rings. The second kappa shape index (κ2) is 15.9. The van der Waals surface area contributed by atoms with Crippen molar-refractivity contribution in [3.8, 4) is 12.1 Å². The van der Waals surface area contributed by atoms with Crippen LogP contribution >= 0.6 is 0 Å². The van der Waals surface area contributed by atoms with Gasteiger partial charge in [0.15, 0.2) is 5.57 Å². The molecule has 0 amide bonds. The van der Waals surface area contributed by atoms with E-state index in [1.54, 1.807) is 0 Å². The third kappa shape index (κ3) is 8.93. The number of rotatable bonds is 15. The highest BCUT2D eigenvalue weighted by Gasteiger charge is 2.20. The smallest absolute Gasteiger partial charge is 0.350 e. The summed E-state index contributed by atoms with van der Waals surface area (Å²) < 4.78 is 4.67. The number of hydrogen-bond donors (Lipinski definition) is 0. The summed E-state index contributed by atoms with van der Waals surface area (Å²) in [6.07, 6.45) is 9.71. The number of nitriles is 2. The van der Waals surface area contributed by atoms with E-state index in [9.17, 15) is 15.3 Å². The highest BCUT2D eigenvalue weighted by Crippen LogP contribution is 2.27. The van der Waals surface area contributed by atoms with E-state index in [1.165, 1.54) is 45.6 Å². The Hall–Kier alpha value is -2.79. The Bertz CT molecular complexity index is 812. The molecule has 0 radical (unpaired) electrons. The van der Waals surface area contributed by atoms with E-state index in [-0.39, 0.29) is 11.1 Å². The summed E-state index contributed by atoms with van der Waals surface area (Å²) in [6.45, 7) is 11.1. The number of hydrogen-bond acceptors (Lipinski definition) is 5. The number of esters is 1. The van der Waals surface area contributed by atoms with Crippen LogP contribution in [0.2, 0.25) is 0 Å². The van der Waals surface area contributed by atoms with Crippen LogP contribution in [0.5, 0.6) is 0 Å². The molecule has 33 heavy (non-hydrogen) atoms. The van der Waals surface area contributed by atoms with Gasteiger partial charge in [0.1, 0.15) is 12.1 Å². The van der Waals surface area contributed by atoms with Gasteiger partial charge in [0.2, 0.25) is 0 Å². The van der Waals surface area contributed by atoms with E-state index in [2.05, 4.69) is 37.3 Å². The largest absolute Gasteiger partial charge is 0.465 e. The van der Waals surface area contributed by atoms with Crippen LogP contribution in [0.4, 0.5) is 5.69 Å². The third-order valence-electron chi connectivity index (χ3n) is 6.43. The molecule has 0 aliphatic heterocycles. The molecule has 1 aromatic carbocycles. The fourth-order valence-corrected chi connectivity index (χ4v) is 4.15. The van der Waals surface area contributed by atoms with Crippen molar-refractivity contribution in [3.63, 3.8) is 0 Å². The van der Waals surface area contributed by atoms with Crippen molar-refractivity contribution in [1.29, 1.82) is 10.5 Å². The van der Waals surface area contributed by atoms with E-state index >= 15 is 0 Å². The van der Waals surface area contributed by atoms with Crippen LogP contribution < -0.4 is 4.90 Å². The van der Waals surface area contributed by atoms with Crippen LogP contribution in [-0.4, -0.2) is 26.2 Å². The van der Waals surface area contributed by atoms with Gasteiger partial charge in [0, 0.05) is 18.8 Å². The highest BCUT2D eigenvalue weighted by molar-refractivity contribution is 6.04. The van der Waals surface area contributed by atoms with Crippen molar-refractivity contribution >= 4 is 17.2 Å². The van der Waals surface area contributed by atoms with Crippen LogP contribution in [-0.2, 0) is 9.53 Å². The Morgan fingerprint density at radius 3 is 1.79 bits per heavy atom. The number of nitrogens with zero attached hydrogens (tertiary/aromatic N) is 3. The van der Waals surface area contributed by atoms with Gasteiger partial charge in [-0.15, -0.1) is 0 Å². The first-order valence-corrected chi connectivity index (χ1v) is 12.5. The Labute approximate surface area is 201 Å². The number of carbonyl (C=O) groups is 1. The Balaban J connectivity index is 3.26. The van der Waals surface area contributed by atoms with Crippen LogP contribution in [0.25, 0.3) is 5.57 Å². The number of benzene rings is 1. The van der Waals surface area contributed by atoms with Crippen LogP contribution in [0, 0.1) is 34.5 Å². The summed E-state index contributed by atoms with van der Waals surface area (Å²) >= 11 is 0. The fourth-order valence-electron chi connectivity index (χ4n) is 4.15. The minimum Gasteiger partial charge on any atom is -0.465 e. The zero-order chi connectivity index (χ0) is 24.6. The monoisotopic (exact) mass is 451 g/mol. The number of allylic oxidation sites excluding steroid dienone is 1. The number of unbranched alkanes of at least 4 members (excludes halogenated alkanes) is 2. The molecule has 0 aromatic heterocycles. The lowest BCUT2D eigenvalue weighted by atomic mass is 9.95. The summed E-state index contributed by atoms with van der Waals surface area (Å²) in [5.74, 6) is 0.503. The van der Waals surface area contributed by atoms with Gasteiger partial charge in [0.25, 0.3) is 0 Å². The lowest BCUT2D eigenvalue weighted by Gasteiger charge is -2.32. The average Bonchev–Trinajstić information content (AvgIpc) is 2.86. The van der Waals surface area contributed by atoms with Gasteiger partial charge >= 0.3 is 5.97 Å². The average molecular weight is 452 g/mol. The maximum absolute atomic E-state index is 11.9. The number of methoxy groups -OCH3 is 1. The van der Waals surface area contributed by atoms with Crippen molar-refractivity contribution in [3.05, 3.63) is 35.4 Å². The number of anilines is 1. The molecule has 1 aromatic rings. The SMILES string of the molecule is CCCCC(CC)CN(CC(CC)CCCC)c1ccc(/C(C#N)=C(/C#N)C(=O)OC)cc1. The molecule has 0 saturated heterocycles. The highest BCUT2D eigenvalue weighted by atomic mass is 16.5. The van der Waals surface area contributed by atoms with Gasteiger partial charge in [-0.3, -0.25) is 0 Å². The second-order valence-electron chi connectivity index (χ2n) is 8.75. The van der Waals surface area contributed by atoms with Crippen LogP contribution in [0.15, 0.2) is 29.8 Å². The molecule has 5 nitrogen and oxygen atoms in total. The predicted octanol–water partition coefficient (Wildman–Crippen LogP) is 6.90. The minimum absolute atomic E-state index is 0.0474. The van der Waals surface area contributed by atoms with Crippen molar-refractivity contribution in [2.24, 2.45) is 11.8 Å². The molecule has 1 rings (SSSR count). The number of ether oxygens (including phenoxy) is 1. The lowest BCUT2D eigenvalue weighted by molar-refractivity contribution is -0.135. The Morgan fingerprint density at radius 2 is 1.42 bits per heavy atom. The Morgan fingerprint density at radius 1 is 0.909 bits per heavy atom. The summed E-state index contributed by atoms with van der Waals surface area (Å²) in [6, 6.07) is 11.5. The molecule has 0 bridgehead atoms. The molecule has 0 spiro atoms. The summed E-state index contributed by atoms with van der Waals surface area (Å²) in [4.78, 5) is 14.4. The normalized spacial score (nSPS) is 13.3. The number of carbonyl (C=O) groups excluding carboxylic acids is 1. The molecule has 0 saturated carbocycles. The maximum Gasteiger partial charge on any atom is 0.350 e. The van der Waals surface area contributed by atoms with Gasteiger partial charge in [-0.25, -0.2) is 4.79 Å². The van der Waals surface area contributed by atoms with Gasteiger partial charge in [-0.2, -0.15) is 10.5 Å². The van der Waals surface area contributed by atoms with Gasteiger partial charge in [0.05, 0.1) is 12.7 Å². The third-order valence-corrected chi connectivity index (χ3v) is 6.43.